The highest BCUT2D eigenvalue weighted by molar-refractivity contribution is 5.86. The van der Waals surface area contributed by atoms with E-state index in [9.17, 15) is 0 Å². The number of aromatic nitrogens is 5. The van der Waals surface area contributed by atoms with Crippen LogP contribution in [-0.4, -0.2) is 24.7 Å². The van der Waals surface area contributed by atoms with Crippen LogP contribution in [0.15, 0.2) is 61.1 Å². The summed E-state index contributed by atoms with van der Waals surface area (Å²) >= 11 is 0. The van der Waals surface area contributed by atoms with Gasteiger partial charge in [-0.05, 0) is 23.6 Å². The number of fused-ring (bicyclic) bond motifs is 1. The molecule has 1 aromatic carbocycles. The fraction of sp³-hybridized carbons (Fsp3) is 0.200. The smallest absolute Gasteiger partial charge is 0.163 e. The van der Waals surface area contributed by atoms with E-state index in [-0.39, 0.29) is 0 Å². The van der Waals surface area contributed by atoms with Gasteiger partial charge in [0.25, 0.3) is 0 Å². The summed E-state index contributed by atoms with van der Waals surface area (Å²) in [6.45, 7) is 0.660. The van der Waals surface area contributed by atoms with Crippen LogP contribution in [0, 0.1) is 0 Å². The fourth-order valence-corrected chi connectivity index (χ4v) is 2.90. The number of benzene rings is 1. The molecule has 3 heterocycles. The zero-order valence-electron chi connectivity index (χ0n) is 14.6. The first kappa shape index (κ1) is 16.2. The van der Waals surface area contributed by atoms with Crippen molar-refractivity contribution in [3.63, 3.8) is 0 Å². The van der Waals surface area contributed by atoms with Crippen LogP contribution in [0.2, 0.25) is 0 Å². The first-order valence-corrected chi connectivity index (χ1v) is 8.65. The molecule has 0 saturated carbocycles. The van der Waals surface area contributed by atoms with Crippen molar-refractivity contribution < 1.29 is 0 Å². The Balaban J connectivity index is 1.59. The third kappa shape index (κ3) is 3.54. The molecule has 0 spiro atoms. The minimum atomic E-state index is 0.660. The molecule has 6 heteroatoms. The molecule has 0 radical (unpaired) electrons. The second-order valence-electron chi connectivity index (χ2n) is 6.19. The van der Waals surface area contributed by atoms with E-state index in [1.807, 2.05) is 37.6 Å². The van der Waals surface area contributed by atoms with Gasteiger partial charge in [0, 0.05) is 32.4 Å². The van der Waals surface area contributed by atoms with Gasteiger partial charge in [0.05, 0.1) is 11.6 Å². The maximum Gasteiger partial charge on any atom is 0.163 e. The van der Waals surface area contributed by atoms with Crippen molar-refractivity contribution in [1.29, 1.82) is 0 Å². The van der Waals surface area contributed by atoms with Crippen LogP contribution < -0.4 is 5.32 Å². The van der Waals surface area contributed by atoms with E-state index in [0.717, 1.165) is 41.1 Å². The van der Waals surface area contributed by atoms with Crippen molar-refractivity contribution in [3.8, 4) is 0 Å². The average molecular weight is 344 g/mol. The largest absolute Gasteiger partial charge is 0.365 e. The Morgan fingerprint density at radius 2 is 1.77 bits per heavy atom. The molecule has 26 heavy (non-hydrogen) atoms. The predicted octanol–water partition coefficient (Wildman–Crippen LogP) is 3.16. The summed E-state index contributed by atoms with van der Waals surface area (Å²) in [5, 5.41) is 8.67. The van der Waals surface area contributed by atoms with Gasteiger partial charge in [-0.15, -0.1) is 0 Å². The summed E-state index contributed by atoms with van der Waals surface area (Å²) in [7, 11) is 1.90. The minimum Gasteiger partial charge on any atom is -0.365 e. The first-order chi connectivity index (χ1) is 12.8. The standard InChI is InChI=1S/C20H20N6/c1-26-20-17(14-23-26)19(22-13-16-8-5-11-21-12-16)24-18(25-20)10-9-15-6-3-2-4-7-15/h2-8,11-12,14H,9-10,13H2,1H3,(H,22,24,25). The van der Waals surface area contributed by atoms with Gasteiger partial charge in [0.2, 0.25) is 0 Å². The van der Waals surface area contributed by atoms with E-state index in [0.29, 0.717) is 6.54 Å². The molecule has 0 saturated heterocycles. The molecule has 0 unspecified atom stereocenters. The Labute approximate surface area is 152 Å². The lowest BCUT2D eigenvalue weighted by atomic mass is 10.1. The monoisotopic (exact) mass is 344 g/mol. The number of hydrogen-bond donors (Lipinski definition) is 1. The SMILES string of the molecule is Cn1ncc2c(NCc3cccnc3)nc(CCc3ccccc3)nc21. The second-order valence-corrected chi connectivity index (χ2v) is 6.19. The molecule has 3 aromatic heterocycles. The van der Waals surface area contributed by atoms with Crippen LogP contribution in [0.25, 0.3) is 11.0 Å². The average Bonchev–Trinajstić information content (AvgIpc) is 3.07. The molecule has 4 aromatic rings. The summed E-state index contributed by atoms with van der Waals surface area (Å²) in [4.78, 5) is 13.6. The van der Waals surface area contributed by atoms with Gasteiger partial charge in [0.15, 0.2) is 5.65 Å². The molecule has 1 N–H and O–H groups in total. The zero-order chi connectivity index (χ0) is 17.8. The molecule has 0 aliphatic rings. The normalized spacial score (nSPS) is 11.0. The lowest BCUT2D eigenvalue weighted by Gasteiger charge is -2.09. The van der Waals surface area contributed by atoms with Gasteiger partial charge in [0.1, 0.15) is 11.6 Å². The summed E-state index contributed by atoms with van der Waals surface area (Å²) in [5.74, 6) is 1.63. The zero-order valence-corrected chi connectivity index (χ0v) is 14.6. The van der Waals surface area contributed by atoms with Gasteiger partial charge in [-0.2, -0.15) is 5.10 Å². The highest BCUT2D eigenvalue weighted by Crippen LogP contribution is 2.21. The van der Waals surface area contributed by atoms with E-state index >= 15 is 0 Å². The lowest BCUT2D eigenvalue weighted by molar-refractivity contribution is 0.775. The summed E-state index contributed by atoms with van der Waals surface area (Å²) in [5.41, 5.74) is 3.23. The van der Waals surface area contributed by atoms with Gasteiger partial charge < -0.3 is 5.32 Å². The molecular weight excluding hydrogens is 324 g/mol. The van der Waals surface area contributed by atoms with Gasteiger partial charge in [-0.25, -0.2) is 9.97 Å². The van der Waals surface area contributed by atoms with E-state index in [1.54, 1.807) is 10.9 Å². The number of pyridine rings is 1. The molecule has 6 nitrogen and oxygen atoms in total. The van der Waals surface area contributed by atoms with Crippen LogP contribution in [-0.2, 0) is 26.4 Å². The van der Waals surface area contributed by atoms with E-state index in [2.05, 4.69) is 39.7 Å². The molecule has 0 aliphatic heterocycles. The van der Waals surface area contributed by atoms with Crippen molar-refractivity contribution in [2.24, 2.45) is 7.05 Å². The van der Waals surface area contributed by atoms with Crippen molar-refractivity contribution in [2.45, 2.75) is 19.4 Å². The number of nitrogens with one attached hydrogen (secondary N) is 1. The Morgan fingerprint density at radius 3 is 2.58 bits per heavy atom. The molecule has 0 amide bonds. The van der Waals surface area contributed by atoms with E-state index < -0.39 is 0 Å². The highest BCUT2D eigenvalue weighted by Gasteiger charge is 2.11. The van der Waals surface area contributed by atoms with Crippen molar-refractivity contribution >= 4 is 16.9 Å². The van der Waals surface area contributed by atoms with Gasteiger partial charge in [-0.1, -0.05) is 36.4 Å². The Morgan fingerprint density at radius 1 is 0.923 bits per heavy atom. The molecule has 4 rings (SSSR count). The van der Waals surface area contributed by atoms with Crippen LogP contribution in [0.5, 0.6) is 0 Å². The topological polar surface area (TPSA) is 68.5 Å². The second kappa shape index (κ2) is 7.31. The third-order valence-corrected chi connectivity index (χ3v) is 4.30. The van der Waals surface area contributed by atoms with E-state index in [1.165, 1.54) is 5.56 Å². The highest BCUT2D eigenvalue weighted by atomic mass is 15.3. The molecule has 0 bridgehead atoms. The van der Waals surface area contributed by atoms with Gasteiger partial charge in [-0.3, -0.25) is 9.67 Å². The Hall–Kier alpha value is -3.28. The van der Waals surface area contributed by atoms with Gasteiger partial charge >= 0.3 is 0 Å². The van der Waals surface area contributed by atoms with Crippen molar-refractivity contribution in [2.75, 3.05) is 5.32 Å². The van der Waals surface area contributed by atoms with Crippen LogP contribution in [0.1, 0.15) is 17.0 Å². The first-order valence-electron chi connectivity index (χ1n) is 8.65. The maximum absolute atomic E-state index is 4.75. The number of anilines is 1. The number of rotatable bonds is 6. The van der Waals surface area contributed by atoms with Crippen LogP contribution >= 0.6 is 0 Å². The summed E-state index contributed by atoms with van der Waals surface area (Å²) in [6.07, 6.45) is 7.13. The van der Waals surface area contributed by atoms with Crippen LogP contribution in [0.4, 0.5) is 5.82 Å². The lowest BCUT2D eigenvalue weighted by Crippen LogP contribution is -2.07. The quantitative estimate of drug-likeness (QED) is 0.582. The van der Waals surface area contributed by atoms with E-state index in [4.69, 9.17) is 9.97 Å². The van der Waals surface area contributed by atoms with Crippen molar-refractivity contribution in [1.82, 2.24) is 24.7 Å². The third-order valence-electron chi connectivity index (χ3n) is 4.30. The molecule has 130 valence electrons. The van der Waals surface area contributed by atoms with Crippen molar-refractivity contribution in [3.05, 3.63) is 78.0 Å². The Kier molecular flexibility index (Phi) is 4.55. The predicted molar refractivity (Wildman–Crippen MR) is 102 cm³/mol. The molecule has 0 aliphatic carbocycles. The summed E-state index contributed by atoms with van der Waals surface area (Å²) in [6, 6.07) is 14.4. The molecule has 0 atom stereocenters. The van der Waals surface area contributed by atoms with Crippen LogP contribution in [0.3, 0.4) is 0 Å². The molecule has 0 fully saturated rings. The molecular formula is C20H20N6. The maximum atomic E-state index is 4.75. The number of aryl methyl sites for hydroxylation is 3. The number of hydrogen-bond acceptors (Lipinski definition) is 5. The summed E-state index contributed by atoms with van der Waals surface area (Å²) < 4.78 is 1.79. The fourth-order valence-electron chi connectivity index (χ4n) is 2.90. The minimum absolute atomic E-state index is 0.660. The Bertz CT molecular complexity index is 995. The number of nitrogens with zero attached hydrogens (tertiary/aromatic N) is 5.